The van der Waals surface area contributed by atoms with Crippen LogP contribution in [0.15, 0.2) is 48.5 Å². The summed E-state index contributed by atoms with van der Waals surface area (Å²) in [6, 6.07) is 15.6. The number of hydrogen-bond donors (Lipinski definition) is 0. The molecular weight excluding hydrogens is 314 g/mol. The highest BCUT2D eigenvalue weighted by atomic mass is 16.5. The van der Waals surface area contributed by atoms with Gasteiger partial charge in [0.05, 0.1) is 13.7 Å². The first kappa shape index (κ1) is 19.0. The van der Waals surface area contributed by atoms with Crippen molar-refractivity contribution in [1.29, 1.82) is 0 Å². The smallest absolute Gasteiger partial charge is 0.253 e. The van der Waals surface area contributed by atoms with Crippen LogP contribution in [0.3, 0.4) is 0 Å². The molecule has 2 aromatic carbocycles. The van der Waals surface area contributed by atoms with Crippen LogP contribution in [0.1, 0.15) is 30.1 Å². The van der Waals surface area contributed by atoms with E-state index >= 15 is 0 Å². The van der Waals surface area contributed by atoms with Crippen LogP contribution in [0, 0.1) is 0 Å². The number of rotatable bonds is 9. The standard InChI is InChI=1S/C21H27NO3/c1-4-5-13-22(14-15-24-2)21(23)18-11-12-20(25-3)19(16-18)17-9-7-6-8-10-17/h6-12,16H,4-5,13-15H2,1-3H3. The summed E-state index contributed by atoms with van der Waals surface area (Å²) >= 11 is 0. The minimum atomic E-state index is 0.0327. The van der Waals surface area contributed by atoms with Crippen molar-refractivity contribution in [2.45, 2.75) is 19.8 Å². The predicted molar refractivity (Wildman–Crippen MR) is 101 cm³/mol. The van der Waals surface area contributed by atoms with Gasteiger partial charge in [-0.1, -0.05) is 43.7 Å². The largest absolute Gasteiger partial charge is 0.496 e. The van der Waals surface area contributed by atoms with Crippen LogP contribution >= 0.6 is 0 Å². The van der Waals surface area contributed by atoms with Crippen LogP contribution in [0.5, 0.6) is 5.75 Å². The number of carbonyl (C=O) groups excluding carboxylic acids is 1. The second kappa shape index (κ2) is 9.84. The Balaban J connectivity index is 2.32. The lowest BCUT2D eigenvalue weighted by Crippen LogP contribution is -2.34. The van der Waals surface area contributed by atoms with E-state index in [0.717, 1.165) is 36.3 Å². The molecular formula is C21H27NO3. The Morgan fingerprint density at radius 2 is 1.80 bits per heavy atom. The van der Waals surface area contributed by atoms with Crippen molar-refractivity contribution >= 4 is 5.91 Å². The van der Waals surface area contributed by atoms with Gasteiger partial charge in [-0.15, -0.1) is 0 Å². The van der Waals surface area contributed by atoms with Crippen molar-refractivity contribution in [2.24, 2.45) is 0 Å². The first-order chi connectivity index (χ1) is 12.2. The lowest BCUT2D eigenvalue weighted by molar-refractivity contribution is 0.0693. The molecule has 0 unspecified atom stereocenters. The number of unbranched alkanes of at least 4 members (excludes halogenated alkanes) is 1. The fraction of sp³-hybridized carbons (Fsp3) is 0.381. The van der Waals surface area contributed by atoms with Gasteiger partial charge in [-0.25, -0.2) is 0 Å². The van der Waals surface area contributed by atoms with E-state index in [1.165, 1.54) is 0 Å². The topological polar surface area (TPSA) is 38.8 Å². The van der Waals surface area contributed by atoms with E-state index in [9.17, 15) is 4.79 Å². The average molecular weight is 341 g/mol. The molecule has 2 rings (SSSR count). The zero-order chi connectivity index (χ0) is 18.1. The number of amides is 1. The van der Waals surface area contributed by atoms with Crippen LogP contribution in [-0.2, 0) is 4.74 Å². The molecule has 0 fully saturated rings. The molecule has 0 N–H and O–H groups in total. The summed E-state index contributed by atoms with van der Waals surface area (Å²) in [5, 5.41) is 0. The number of nitrogens with zero attached hydrogens (tertiary/aromatic N) is 1. The van der Waals surface area contributed by atoms with Crippen molar-refractivity contribution < 1.29 is 14.3 Å². The minimum absolute atomic E-state index is 0.0327. The van der Waals surface area contributed by atoms with E-state index in [0.29, 0.717) is 18.7 Å². The van der Waals surface area contributed by atoms with Crippen molar-refractivity contribution in [3.05, 3.63) is 54.1 Å². The molecule has 25 heavy (non-hydrogen) atoms. The third-order valence-electron chi connectivity index (χ3n) is 4.17. The van der Waals surface area contributed by atoms with Crippen molar-refractivity contribution in [1.82, 2.24) is 4.90 Å². The molecule has 0 aliphatic heterocycles. The number of methoxy groups -OCH3 is 2. The highest BCUT2D eigenvalue weighted by Gasteiger charge is 2.17. The Labute approximate surface area is 150 Å². The Bertz CT molecular complexity index is 662. The Morgan fingerprint density at radius 1 is 1.04 bits per heavy atom. The molecule has 0 radical (unpaired) electrons. The fourth-order valence-electron chi connectivity index (χ4n) is 2.73. The minimum Gasteiger partial charge on any atom is -0.496 e. The molecule has 0 atom stereocenters. The zero-order valence-electron chi connectivity index (χ0n) is 15.3. The van der Waals surface area contributed by atoms with Gasteiger partial charge in [0.2, 0.25) is 0 Å². The summed E-state index contributed by atoms with van der Waals surface area (Å²) in [5.74, 6) is 0.796. The fourth-order valence-corrected chi connectivity index (χ4v) is 2.73. The van der Waals surface area contributed by atoms with Crippen LogP contribution < -0.4 is 4.74 Å². The van der Waals surface area contributed by atoms with Gasteiger partial charge >= 0.3 is 0 Å². The molecule has 1 amide bonds. The van der Waals surface area contributed by atoms with Crippen LogP contribution in [0.4, 0.5) is 0 Å². The van der Waals surface area contributed by atoms with Gasteiger partial charge in [0.1, 0.15) is 5.75 Å². The third-order valence-corrected chi connectivity index (χ3v) is 4.17. The monoisotopic (exact) mass is 341 g/mol. The maximum Gasteiger partial charge on any atom is 0.253 e. The molecule has 134 valence electrons. The number of benzene rings is 2. The second-order valence-corrected chi connectivity index (χ2v) is 5.92. The maximum atomic E-state index is 13.0. The normalized spacial score (nSPS) is 10.5. The van der Waals surface area contributed by atoms with E-state index in [-0.39, 0.29) is 5.91 Å². The quantitative estimate of drug-likeness (QED) is 0.684. The summed E-state index contributed by atoms with van der Waals surface area (Å²) in [7, 11) is 3.30. The van der Waals surface area contributed by atoms with Gasteiger partial charge in [-0.05, 0) is 30.2 Å². The Hall–Kier alpha value is -2.33. The van der Waals surface area contributed by atoms with E-state index in [1.807, 2.05) is 53.4 Å². The zero-order valence-corrected chi connectivity index (χ0v) is 15.3. The number of carbonyl (C=O) groups is 1. The summed E-state index contributed by atoms with van der Waals surface area (Å²) < 4.78 is 10.6. The van der Waals surface area contributed by atoms with Gasteiger partial charge < -0.3 is 14.4 Å². The Morgan fingerprint density at radius 3 is 2.44 bits per heavy atom. The lowest BCUT2D eigenvalue weighted by atomic mass is 10.0. The highest BCUT2D eigenvalue weighted by Crippen LogP contribution is 2.31. The molecule has 0 heterocycles. The Kier molecular flexibility index (Phi) is 7.48. The van der Waals surface area contributed by atoms with Crippen LogP contribution in [0.25, 0.3) is 11.1 Å². The summed E-state index contributed by atoms with van der Waals surface area (Å²) in [6.45, 7) is 4.00. The second-order valence-electron chi connectivity index (χ2n) is 5.92. The SMILES string of the molecule is CCCCN(CCOC)C(=O)c1ccc(OC)c(-c2ccccc2)c1. The maximum absolute atomic E-state index is 13.0. The lowest BCUT2D eigenvalue weighted by Gasteiger charge is -2.23. The number of hydrogen-bond acceptors (Lipinski definition) is 3. The van der Waals surface area contributed by atoms with Crippen LogP contribution in [0.2, 0.25) is 0 Å². The van der Waals surface area contributed by atoms with Gasteiger partial charge in [0.15, 0.2) is 0 Å². The molecule has 0 saturated heterocycles. The van der Waals surface area contributed by atoms with Crippen molar-refractivity contribution in [3.8, 4) is 16.9 Å². The molecule has 0 spiro atoms. The molecule has 0 aliphatic carbocycles. The van der Waals surface area contributed by atoms with E-state index in [2.05, 4.69) is 6.92 Å². The molecule has 0 saturated carbocycles. The van der Waals surface area contributed by atoms with Crippen LogP contribution in [-0.4, -0.2) is 44.7 Å². The van der Waals surface area contributed by atoms with Gasteiger partial charge in [-0.3, -0.25) is 4.79 Å². The summed E-state index contributed by atoms with van der Waals surface area (Å²) in [6.07, 6.45) is 2.03. The van der Waals surface area contributed by atoms with E-state index in [4.69, 9.17) is 9.47 Å². The molecule has 4 heteroatoms. The van der Waals surface area contributed by atoms with E-state index in [1.54, 1.807) is 14.2 Å². The molecule has 0 aromatic heterocycles. The average Bonchev–Trinajstić information content (AvgIpc) is 2.67. The van der Waals surface area contributed by atoms with Gasteiger partial charge in [0, 0.05) is 31.3 Å². The van der Waals surface area contributed by atoms with Crippen molar-refractivity contribution in [3.63, 3.8) is 0 Å². The predicted octanol–water partition coefficient (Wildman–Crippen LogP) is 4.25. The summed E-state index contributed by atoms with van der Waals surface area (Å²) in [4.78, 5) is 14.8. The number of ether oxygens (including phenoxy) is 2. The van der Waals surface area contributed by atoms with Gasteiger partial charge in [-0.2, -0.15) is 0 Å². The first-order valence-electron chi connectivity index (χ1n) is 8.73. The first-order valence-corrected chi connectivity index (χ1v) is 8.73. The molecule has 0 bridgehead atoms. The molecule has 4 nitrogen and oxygen atoms in total. The third kappa shape index (κ3) is 5.07. The van der Waals surface area contributed by atoms with Crippen molar-refractivity contribution in [2.75, 3.05) is 33.9 Å². The summed E-state index contributed by atoms with van der Waals surface area (Å²) in [5.41, 5.74) is 2.63. The van der Waals surface area contributed by atoms with Gasteiger partial charge in [0.25, 0.3) is 5.91 Å². The molecule has 2 aromatic rings. The van der Waals surface area contributed by atoms with E-state index < -0.39 is 0 Å². The molecule has 0 aliphatic rings. The highest BCUT2D eigenvalue weighted by molar-refractivity contribution is 5.96.